The van der Waals surface area contributed by atoms with Crippen molar-refractivity contribution in [3.63, 3.8) is 0 Å². The van der Waals surface area contributed by atoms with Gasteiger partial charge in [-0.05, 0) is 80.8 Å². The Balaban J connectivity index is 2.69. The quantitative estimate of drug-likeness (QED) is 0.180. The lowest BCUT2D eigenvalue weighted by molar-refractivity contribution is -0.137. The van der Waals surface area contributed by atoms with Gasteiger partial charge >= 0.3 is 12.1 Å². The number of hydrogen-bond acceptors (Lipinski definition) is 4. The number of benzene rings is 2. The molecule has 0 aliphatic heterocycles. The number of carbonyl (C=O) groups is 1. The largest absolute Gasteiger partial charge is 0.508 e. The maximum atomic E-state index is 13.5. The molecule has 0 saturated heterocycles. The first-order valence-electron chi connectivity index (χ1n) is 11.5. The molecule has 7 heteroatoms. The Bertz CT molecular complexity index is 1230. The van der Waals surface area contributed by atoms with Crippen molar-refractivity contribution >= 4 is 11.5 Å². The van der Waals surface area contributed by atoms with Crippen molar-refractivity contribution in [1.29, 1.82) is 0 Å². The first kappa shape index (κ1) is 28.3. The summed E-state index contributed by atoms with van der Waals surface area (Å²) in [5.74, 6) is 5.05. The highest BCUT2D eigenvalue weighted by Gasteiger charge is 2.33. The zero-order chi connectivity index (χ0) is 26.7. The molecular formula is C29H29F3O4. The molecule has 0 aliphatic carbocycles. The molecule has 0 saturated carbocycles. The Kier molecular flexibility index (Phi) is 10.4. The van der Waals surface area contributed by atoms with E-state index >= 15 is 0 Å². The highest BCUT2D eigenvalue weighted by molar-refractivity contribution is 5.92. The first-order chi connectivity index (χ1) is 17.1. The van der Waals surface area contributed by atoms with E-state index in [9.17, 15) is 23.1 Å². The van der Waals surface area contributed by atoms with Crippen molar-refractivity contribution in [2.45, 2.75) is 40.3 Å². The van der Waals surface area contributed by atoms with Gasteiger partial charge in [0.2, 0.25) is 0 Å². The topological polar surface area (TPSA) is 55.8 Å². The Morgan fingerprint density at radius 2 is 1.72 bits per heavy atom. The molecular weight excluding hydrogens is 469 g/mol. The molecule has 0 bridgehead atoms. The predicted octanol–water partition coefficient (Wildman–Crippen LogP) is 7.28. The van der Waals surface area contributed by atoms with Gasteiger partial charge in [-0.1, -0.05) is 37.0 Å². The van der Waals surface area contributed by atoms with Gasteiger partial charge in [-0.3, -0.25) is 0 Å². The molecule has 190 valence electrons. The SMILES string of the molecule is C\C=C/C(=C\C=C(/C)OCCC)c1cc(C(=O)OCC)ccc1C#Cc1ccc(O)cc1C(F)(F)F. The van der Waals surface area contributed by atoms with Gasteiger partial charge in [0.25, 0.3) is 0 Å². The Morgan fingerprint density at radius 3 is 2.36 bits per heavy atom. The van der Waals surface area contributed by atoms with E-state index in [0.29, 0.717) is 35.1 Å². The number of phenols is 1. The van der Waals surface area contributed by atoms with Gasteiger partial charge in [-0.25, -0.2) is 4.79 Å². The van der Waals surface area contributed by atoms with Crippen LogP contribution in [0.3, 0.4) is 0 Å². The Hall–Kier alpha value is -3.92. The molecule has 1 N–H and O–H groups in total. The number of ether oxygens (including phenoxy) is 2. The fraction of sp³-hybridized carbons (Fsp3) is 0.276. The number of carbonyl (C=O) groups excluding carboxylic acids is 1. The molecule has 2 aromatic rings. The van der Waals surface area contributed by atoms with Gasteiger partial charge in [0.15, 0.2) is 0 Å². The van der Waals surface area contributed by atoms with Gasteiger partial charge in [-0.2, -0.15) is 13.2 Å². The normalized spacial score (nSPS) is 12.3. The number of alkyl halides is 3. The first-order valence-corrected chi connectivity index (χ1v) is 11.5. The highest BCUT2D eigenvalue weighted by atomic mass is 19.4. The number of phenolic OH excluding ortho intramolecular Hbond substituents is 1. The van der Waals surface area contributed by atoms with Crippen molar-refractivity contribution in [2.75, 3.05) is 13.2 Å². The molecule has 2 aromatic carbocycles. The van der Waals surface area contributed by atoms with Crippen molar-refractivity contribution in [3.05, 3.63) is 94.3 Å². The molecule has 0 radical (unpaired) electrons. The summed E-state index contributed by atoms with van der Waals surface area (Å²) in [6, 6.07) is 7.61. The van der Waals surface area contributed by atoms with Crippen molar-refractivity contribution in [3.8, 4) is 17.6 Å². The second-order valence-corrected chi connectivity index (χ2v) is 7.71. The van der Waals surface area contributed by atoms with E-state index in [0.717, 1.165) is 18.6 Å². The molecule has 0 unspecified atom stereocenters. The summed E-state index contributed by atoms with van der Waals surface area (Å²) in [6.45, 7) is 8.11. The summed E-state index contributed by atoms with van der Waals surface area (Å²) in [6.07, 6.45) is 3.35. The molecule has 0 aromatic heterocycles. The van der Waals surface area contributed by atoms with Crippen LogP contribution in [0.15, 0.2) is 66.5 Å². The van der Waals surface area contributed by atoms with Crippen molar-refractivity contribution in [1.82, 2.24) is 0 Å². The van der Waals surface area contributed by atoms with E-state index in [2.05, 4.69) is 11.8 Å². The van der Waals surface area contributed by atoms with Crippen LogP contribution in [0, 0.1) is 11.8 Å². The van der Waals surface area contributed by atoms with E-state index in [-0.39, 0.29) is 17.7 Å². The number of esters is 1. The number of allylic oxidation sites excluding steroid dienone is 6. The zero-order valence-corrected chi connectivity index (χ0v) is 20.7. The van der Waals surface area contributed by atoms with Gasteiger partial charge in [0, 0.05) is 11.1 Å². The van der Waals surface area contributed by atoms with Crippen LogP contribution in [-0.4, -0.2) is 24.3 Å². The second kappa shape index (κ2) is 13.2. The van der Waals surface area contributed by atoms with Gasteiger partial charge in [0.05, 0.1) is 30.1 Å². The van der Waals surface area contributed by atoms with Crippen LogP contribution in [0.5, 0.6) is 5.75 Å². The van der Waals surface area contributed by atoms with Gasteiger partial charge in [0.1, 0.15) is 5.75 Å². The van der Waals surface area contributed by atoms with Crippen LogP contribution in [0.4, 0.5) is 13.2 Å². The standard InChI is InChI=1S/C29H29F3O4/c1-5-8-21(10-9-20(4)36-17-6-2)26-18-24(28(34)35-7-3)14-12-22(26)11-13-23-15-16-25(33)19-27(23)29(30,31)32/h5,8-10,12,14-16,18-19,33H,6-7,17H2,1-4H3/b8-5-,20-9+,21-10+. The fourth-order valence-corrected chi connectivity index (χ4v) is 3.18. The van der Waals surface area contributed by atoms with Crippen LogP contribution in [-0.2, 0) is 15.7 Å². The summed E-state index contributed by atoms with van der Waals surface area (Å²) in [5.41, 5.74) is 0.606. The fourth-order valence-electron chi connectivity index (χ4n) is 3.18. The predicted molar refractivity (Wildman–Crippen MR) is 134 cm³/mol. The number of rotatable bonds is 8. The lowest BCUT2D eigenvalue weighted by Gasteiger charge is -2.11. The lowest BCUT2D eigenvalue weighted by Crippen LogP contribution is -2.07. The zero-order valence-electron chi connectivity index (χ0n) is 20.7. The number of hydrogen-bond donors (Lipinski definition) is 1. The van der Waals surface area contributed by atoms with Crippen LogP contribution in [0.1, 0.15) is 66.7 Å². The van der Waals surface area contributed by atoms with Gasteiger partial charge in [-0.15, -0.1) is 0 Å². The highest BCUT2D eigenvalue weighted by Crippen LogP contribution is 2.34. The summed E-state index contributed by atoms with van der Waals surface area (Å²) < 4.78 is 51.1. The summed E-state index contributed by atoms with van der Waals surface area (Å²) in [5, 5.41) is 9.52. The van der Waals surface area contributed by atoms with Crippen LogP contribution < -0.4 is 0 Å². The van der Waals surface area contributed by atoms with E-state index in [1.807, 2.05) is 20.8 Å². The third-order valence-electron chi connectivity index (χ3n) is 4.86. The smallest absolute Gasteiger partial charge is 0.417 e. The van der Waals surface area contributed by atoms with Crippen LogP contribution >= 0.6 is 0 Å². The third-order valence-corrected chi connectivity index (χ3v) is 4.86. The van der Waals surface area contributed by atoms with Gasteiger partial charge < -0.3 is 14.6 Å². The van der Waals surface area contributed by atoms with Crippen LogP contribution in [0.2, 0.25) is 0 Å². The Morgan fingerprint density at radius 1 is 1.03 bits per heavy atom. The molecule has 2 rings (SSSR count). The van der Waals surface area contributed by atoms with Crippen molar-refractivity contribution < 1.29 is 32.5 Å². The maximum absolute atomic E-state index is 13.5. The second-order valence-electron chi connectivity index (χ2n) is 7.71. The molecule has 0 fully saturated rings. The summed E-state index contributed by atoms with van der Waals surface area (Å²) >= 11 is 0. The van der Waals surface area contributed by atoms with E-state index < -0.39 is 23.5 Å². The maximum Gasteiger partial charge on any atom is 0.417 e. The number of halogens is 3. The minimum Gasteiger partial charge on any atom is -0.508 e. The molecule has 36 heavy (non-hydrogen) atoms. The molecule has 0 spiro atoms. The summed E-state index contributed by atoms with van der Waals surface area (Å²) in [4.78, 5) is 12.4. The van der Waals surface area contributed by atoms with E-state index in [1.165, 1.54) is 6.07 Å². The van der Waals surface area contributed by atoms with E-state index in [4.69, 9.17) is 9.47 Å². The molecule has 0 heterocycles. The van der Waals surface area contributed by atoms with Crippen molar-refractivity contribution in [2.24, 2.45) is 0 Å². The minimum absolute atomic E-state index is 0.199. The monoisotopic (exact) mass is 498 g/mol. The van der Waals surface area contributed by atoms with E-state index in [1.54, 1.807) is 43.4 Å². The third kappa shape index (κ3) is 8.09. The number of aromatic hydroxyl groups is 1. The van der Waals surface area contributed by atoms with Crippen LogP contribution in [0.25, 0.3) is 5.57 Å². The molecule has 0 aliphatic rings. The molecule has 0 atom stereocenters. The molecule has 4 nitrogen and oxygen atoms in total. The lowest BCUT2D eigenvalue weighted by atomic mass is 9.95. The molecule has 0 amide bonds. The summed E-state index contributed by atoms with van der Waals surface area (Å²) in [7, 11) is 0. The minimum atomic E-state index is -4.68. The average Bonchev–Trinajstić information content (AvgIpc) is 2.84. The average molecular weight is 499 g/mol. The Labute approximate surface area is 209 Å².